The van der Waals surface area contributed by atoms with E-state index in [0.29, 0.717) is 53.0 Å². The molecule has 4 heterocycles. The Labute approximate surface area is 167 Å². The van der Waals surface area contributed by atoms with Gasteiger partial charge in [-0.05, 0) is 33.6 Å². The molecule has 1 N–H and O–H groups in total. The molecule has 3 aromatic rings. The van der Waals surface area contributed by atoms with Crippen LogP contribution < -0.4 is 10.1 Å². The van der Waals surface area contributed by atoms with E-state index < -0.39 is 0 Å². The van der Waals surface area contributed by atoms with Crippen LogP contribution in [0.1, 0.15) is 53.0 Å². The molecule has 0 aromatic carbocycles. The lowest BCUT2D eigenvalue weighted by atomic mass is 10.1. The van der Waals surface area contributed by atoms with Gasteiger partial charge < -0.3 is 19.4 Å². The van der Waals surface area contributed by atoms with Crippen molar-refractivity contribution in [1.82, 2.24) is 24.8 Å². The third-order valence-electron chi connectivity index (χ3n) is 5.64. The van der Waals surface area contributed by atoms with E-state index in [-0.39, 0.29) is 11.4 Å². The van der Waals surface area contributed by atoms with E-state index in [2.05, 4.69) is 32.2 Å². The number of ether oxygens (including phenoxy) is 1. The molecule has 0 spiro atoms. The molecule has 0 bridgehead atoms. The molecule has 1 aliphatic heterocycles. The summed E-state index contributed by atoms with van der Waals surface area (Å²) in [5.74, 6) is 2.17. The number of fused-ring (bicyclic) bond motifs is 2. The van der Waals surface area contributed by atoms with E-state index in [1.807, 2.05) is 6.92 Å². The number of nitrogens with one attached hydrogen (secondary N) is 1. The predicted molar refractivity (Wildman–Crippen MR) is 105 cm³/mol. The lowest BCUT2D eigenvalue weighted by molar-refractivity contribution is 0.0750. The molecule has 29 heavy (non-hydrogen) atoms. The molecule has 0 radical (unpaired) electrons. The van der Waals surface area contributed by atoms with Gasteiger partial charge in [0.1, 0.15) is 23.7 Å². The van der Waals surface area contributed by atoms with Gasteiger partial charge in [0.2, 0.25) is 11.6 Å². The van der Waals surface area contributed by atoms with E-state index in [0.717, 1.165) is 24.1 Å². The van der Waals surface area contributed by atoms with E-state index in [9.17, 15) is 4.79 Å². The molecule has 150 valence electrons. The average molecular weight is 394 g/mol. The SMILES string of the molecule is COc1nc(C)nc2c1CN(C(=O)c1c(C)oc3ncnc(NC4(C)CC4)c13)C2. The first-order chi connectivity index (χ1) is 13.9. The van der Waals surface area contributed by atoms with Crippen molar-refractivity contribution in [2.24, 2.45) is 0 Å². The number of rotatable bonds is 4. The number of anilines is 1. The van der Waals surface area contributed by atoms with E-state index in [4.69, 9.17) is 9.15 Å². The second-order valence-electron chi connectivity index (χ2n) is 7.99. The van der Waals surface area contributed by atoms with E-state index in [1.54, 1.807) is 18.9 Å². The van der Waals surface area contributed by atoms with Gasteiger partial charge in [-0.2, -0.15) is 4.98 Å². The van der Waals surface area contributed by atoms with Gasteiger partial charge in [-0.3, -0.25) is 4.79 Å². The van der Waals surface area contributed by atoms with Crippen molar-refractivity contribution >= 4 is 22.8 Å². The first kappa shape index (κ1) is 17.8. The van der Waals surface area contributed by atoms with Crippen molar-refractivity contribution in [2.75, 3.05) is 12.4 Å². The van der Waals surface area contributed by atoms with E-state index >= 15 is 0 Å². The Morgan fingerprint density at radius 1 is 1.24 bits per heavy atom. The third kappa shape index (κ3) is 2.88. The molecule has 0 saturated heterocycles. The Kier molecular flexibility index (Phi) is 3.77. The number of aromatic nitrogens is 4. The number of carbonyl (C=O) groups excluding carboxylic acids is 1. The smallest absolute Gasteiger partial charge is 0.258 e. The molecule has 1 amide bonds. The summed E-state index contributed by atoms with van der Waals surface area (Å²) >= 11 is 0. The Morgan fingerprint density at radius 3 is 2.76 bits per heavy atom. The maximum Gasteiger partial charge on any atom is 0.258 e. The van der Waals surface area contributed by atoms with Gasteiger partial charge in [0.25, 0.3) is 5.91 Å². The highest BCUT2D eigenvalue weighted by molar-refractivity contribution is 6.10. The Morgan fingerprint density at radius 2 is 2.03 bits per heavy atom. The van der Waals surface area contributed by atoms with Crippen LogP contribution in [0.5, 0.6) is 5.88 Å². The van der Waals surface area contributed by atoms with Gasteiger partial charge in [0.05, 0.1) is 42.4 Å². The molecule has 0 unspecified atom stereocenters. The zero-order valence-electron chi connectivity index (χ0n) is 16.9. The Hall–Kier alpha value is -3.23. The molecule has 1 saturated carbocycles. The maximum atomic E-state index is 13.5. The van der Waals surface area contributed by atoms with Crippen LogP contribution in [-0.2, 0) is 13.1 Å². The van der Waals surface area contributed by atoms with Crippen molar-refractivity contribution in [1.29, 1.82) is 0 Å². The van der Waals surface area contributed by atoms with Crippen molar-refractivity contribution < 1.29 is 13.9 Å². The van der Waals surface area contributed by atoms with Crippen LogP contribution in [0.3, 0.4) is 0 Å². The largest absolute Gasteiger partial charge is 0.481 e. The maximum absolute atomic E-state index is 13.5. The zero-order valence-corrected chi connectivity index (χ0v) is 16.9. The molecule has 2 aliphatic rings. The fraction of sp³-hybridized carbons (Fsp3) is 0.450. The number of hydrogen-bond donors (Lipinski definition) is 1. The molecule has 3 aromatic heterocycles. The second-order valence-corrected chi connectivity index (χ2v) is 7.99. The minimum atomic E-state index is -0.141. The molecule has 1 aliphatic carbocycles. The monoisotopic (exact) mass is 394 g/mol. The summed E-state index contributed by atoms with van der Waals surface area (Å²) in [4.78, 5) is 32.7. The number of aryl methyl sites for hydroxylation is 2. The normalized spacial score (nSPS) is 16.8. The molecule has 1 fully saturated rings. The van der Waals surface area contributed by atoms with Gasteiger partial charge in [-0.1, -0.05) is 0 Å². The summed E-state index contributed by atoms with van der Waals surface area (Å²) in [5, 5.41) is 4.09. The van der Waals surface area contributed by atoms with Gasteiger partial charge in [-0.25, -0.2) is 15.0 Å². The van der Waals surface area contributed by atoms with Crippen LogP contribution in [0.15, 0.2) is 10.7 Å². The quantitative estimate of drug-likeness (QED) is 0.720. The van der Waals surface area contributed by atoms with E-state index in [1.165, 1.54) is 6.33 Å². The number of furan rings is 1. The first-order valence-corrected chi connectivity index (χ1v) is 9.60. The highest BCUT2D eigenvalue weighted by Crippen LogP contribution is 2.41. The predicted octanol–water partition coefficient (Wildman–Crippen LogP) is 2.76. The third-order valence-corrected chi connectivity index (χ3v) is 5.64. The van der Waals surface area contributed by atoms with Gasteiger partial charge in [0.15, 0.2) is 0 Å². The number of hydrogen-bond acceptors (Lipinski definition) is 8. The van der Waals surface area contributed by atoms with Crippen molar-refractivity contribution in [3.05, 3.63) is 34.7 Å². The van der Waals surface area contributed by atoms with Crippen LogP contribution in [0, 0.1) is 13.8 Å². The lowest BCUT2D eigenvalue weighted by Gasteiger charge is -2.16. The summed E-state index contributed by atoms with van der Waals surface area (Å²) < 4.78 is 11.2. The highest BCUT2D eigenvalue weighted by atomic mass is 16.5. The number of amides is 1. The number of nitrogens with zero attached hydrogens (tertiary/aromatic N) is 5. The number of carbonyl (C=O) groups is 1. The summed E-state index contributed by atoms with van der Waals surface area (Å²) in [6, 6.07) is 0. The summed E-state index contributed by atoms with van der Waals surface area (Å²) in [7, 11) is 1.58. The zero-order chi connectivity index (χ0) is 20.3. The van der Waals surface area contributed by atoms with Crippen LogP contribution in [0.25, 0.3) is 11.1 Å². The second kappa shape index (κ2) is 6.13. The van der Waals surface area contributed by atoms with Crippen molar-refractivity contribution in [3.63, 3.8) is 0 Å². The standard InChI is InChI=1S/C20H22N6O3/c1-10-14(15-16(25-20(3)5-6-20)21-9-22-18(15)29-10)19(27)26-7-12-13(8-26)23-11(2)24-17(12)28-4/h9H,5-8H2,1-4H3,(H,21,22,25). The minimum absolute atomic E-state index is 0.0110. The summed E-state index contributed by atoms with van der Waals surface area (Å²) in [6.45, 7) is 6.52. The summed E-state index contributed by atoms with van der Waals surface area (Å²) in [5.41, 5.74) is 2.57. The van der Waals surface area contributed by atoms with Crippen LogP contribution in [0.2, 0.25) is 0 Å². The first-order valence-electron chi connectivity index (χ1n) is 9.60. The fourth-order valence-electron chi connectivity index (χ4n) is 3.81. The molecule has 9 nitrogen and oxygen atoms in total. The van der Waals surface area contributed by atoms with Gasteiger partial charge in [-0.15, -0.1) is 0 Å². The number of methoxy groups -OCH3 is 1. The topological polar surface area (TPSA) is 106 Å². The fourth-order valence-corrected chi connectivity index (χ4v) is 3.81. The van der Waals surface area contributed by atoms with Crippen LogP contribution in [-0.4, -0.2) is 43.4 Å². The average Bonchev–Trinajstić information content (AvgIpc) is 3.11. The molecule has 5 rings (SSSR count). The molecule has 9 heteroatoms. The minimum Gasteiger partial charge on any atom is -0.481 e. The van der Waals surface area contributed by atoms with Crippen LogP contribution >= 0.6 is 0 Å². The van der Waals surface area contributed by atoms with Crippen molar-refractivity contribution in [3.8, 4) is 5.88 Å². The van der Waals surface area contributed by atoms with Crippen molar-refractivity contribution in [2.45, 2.75) is 52.2 Å². The van der Waals surface area contributed by atoms with Crippen LogP contribution in [0.4, 0.5) is 5.82 Å². The Balaban J connectivity index is 1.54. The Bertz CT molecular complexity index is 1150. The molecular weight excluding hydrogens is 372 g/mol. The molecule has 0 atom stereocenters. The lowest BCUT2D eigenvalue weighted by Crippen LogP contribution is -2.26. The van der Waals surface area contributed by atoms with Gasteiger partial charge in [0, 0.05) is 5.54 Å². The van der Waals surface area contributed by atoms with Gasteiger partial charge >= 0.3 is 0 Å². The molecular formula is C20H22N6O3. The summed E-state index contributed by atoms with van der Waals surface area (Å²) in [6.07, 6.45) is 3.60. The highest BCUT2D eigenvalue weighted by Gasteiger charge is 2.39.